The van der Waals surface area contributed by atoms with Crippen molar-refractivity contribution < 1.29 is 17.9 Å². The Morgan fingerprint density at radius 1 is 1.29 bits per heavy atom. The van der Waals surface area contributed by atoms with E-state index in [0.717, 1.165) is 31.8 Å². The number of sulfonamides is 1. The van der Waals surface area contributed by atoms with Crippen molar-refractivity contribution in [2.24, 2.45) is 0 Å². The summed E-state index contributed by atoms with van der Waals surface area (Å²) < 4.78 is 40.2. The highest BCUT2D eigenvalue weighted by atomic mass is 32.2. The van der Waals surface area contributed by atoms with Crippen LogP contribution in [0.1, 0.15) is 25.8 Å². The first kappa shape index (κ1) is 18.0. The fourth-order valence-corrected chi connectivity index (χ4v) is 3.18. The Morgan fingerprint density at radius 3 is 2.52 bits per heavy atom. The summed E-state index contributed by atoms with van der Waals surface area (Å²) >= 11 is 0. The zero-order chi connectivity index (χ0) is 15.9. The van der Waals surface area contributed by atoms with Gasteiger partial charge in [0.15, 0.2) is 0 Å². The first-order valence-corrected chi connectivity index (χ1v) is 8.54. The predicted molar refractivity (Wildman–Crippen MR) is 79.9 cm³/mol. The van der Waals surface area contributed by atoms with Crippen LogP contribution >= 0.6 is 0 Å². The molecule has 0 aliphatic heterocycles. The Bertz CT molecular complexity index is 545. The molecule has 0 aromatic heterocycles. The first-order chi connectivity index (χ1) is 9.94. The molecular formula is C14H23FN2O3S. The third-order valence-corrected chi connectivity index (χ3v) is 4.78. The van der Waals surface area contributed by atoms with E-state index in [1.165, 1.54) is 6.07 Å². The fourth-order valence-electron chi connectivity index (χ4n) is 1.98. The van der Waals surface area contributed by atoms with Crippen LogP contribution in [0.3, 0.4) is 0 Å². The number of nitrogens with zero attached hydrogens (tertiary/aromatic N) is 1. The molecule has 0 saturated heterocycles. The van der Waals surface area contributed by atoms with Crippen LogP contribution < -0.4 is 4.72 Å². The van der Waals surface area contributed by atoms with Gasteiger partial charge in [-0.1, -0.05) is 19.9 Å². The molecule has 0 fully saturated rings. The van der Waals surface area contributed by atoms with E-state index in [4.69, 9.17) is 5.11 Å². The quantitative estimate of drug-likeness (QED) is 0.674. The molecule has 21 heavy (non-hydrogen) atoms. The number of nitrogens with one attached hydrogen (secondary N) is 1. The average molecular weight is 318 g/mol. The molecule has 0 unspecified atom stereocenters. The zero-order valence-electron chi connectivity index (χ0n) is 12.5. The maximum absolute atomic E-state index is 13.6. The third-order valence-electron chi connectivity index (χ3n) is 3.31. The van der Waals surface area contributed by atoms with Crippen LogP contribution in [0.4, 0.5) is 4.39 Å². The van der Waals surface area contributed by atoms with Gasteiger partial charge in [0.05, 0.1) is 6.61 Å². The number of hydrogen-bond donors (Lipinski definition) is 2. The highest BCUT2D eigenvalue weighted by Gasteiger charge is 2.19. The highest BCUT2D eigenvalue weighted by Crippen LogP contribution is 2.16. The molecular weight excluding hydrogens is 295 g/mol. The number of aliphatic hydroxyl groups is 1. The van der Waals surface area contributed by atoms with Crippen molar-refractivity contribution in [2.75, 3.05) is 26.2 Å². The Labute approximate surface area is 125 Å². The average Bonchev–Trinajstić information content (AvgIpc) is 2.47. The van der Waals surface area contributed by atoms with E-state index in [1.807, 2.05) is 13.8 Å². The lowest BCUT2D eigenvalue weighted by Gasteiger charge is -2.17. The lowest BCUT2D eigenvalue weighted by atomic mass is 10.2. The summed E-state index contributed by atoms with van der Waals surface area (Å²) in [5.74, 6) is -0.816. The second-order valence-electron chi connectivity index (χ2n) is 4.70. The molecule has 1 aromatic carbocycles. The van der Waals surface area contributed by atoms with Crippen molar-refractivity contribution in [1.29, 1.82) is 0 Å². The van der Waals surface area contributed by atoms with Gasteiger partial charge < -0.3 is 10.0 Å². The molecule has 0 aliphatic carbocycles. The van der Waals surface area contributed by atoms with Crippen molar-refractivity contribution in [3.63, 3.8) is 0 Å². The SMILES string of the molecule is CCN(CC)CCCNS(=O)(=O)c1cc(CO)ccc1F. The van der Waals surface area contributed by atoms with E-state index in [1.54, 1.807) is 0 Å². The molecule has 120 valence electrons. The van der Waals surface area contributed by atoms with Crippen molar-refractivity contribution in [3.8, 4) is 0 Å². The van der Waals surface area contributed by atoms with Gasteiger partial charge in [0.2, 0.25) is 10.0 Å². The molecule has 0 aliphatic rings. The van der Waals surface area contributed by atoms with Crippen molar-refractivity contribution in [3.05, 3.63) is 29.6 Å². The second kappa shape index (κ2) is 8.43. The van der Waals surface area contributed by atoms with Gasteiger partial charge in [0.1, 0.15) is 10.7 Å². The van der Waals surface area contributed by atoms with E-state index in [9.17, 15) is 12.8 Å². The molecule has 2 N–H and O–H groups in total. The number of hydrogen-bond acceptors (Lipinski definition) is 4. The molecule has 0 heterocycles. The molecule has 0 saturated carbocycles. The van der Waals surface area contributed by atoms with Crippen LogP contribution in [0, 0.1) is 5.82 Å². The number of benzene rings is 1. The van der Waals surface area contributed by atoms with Crippen LogP contribution in [0.2, 0.25) is 0 Å². The number of rotatable bonds is 9. The molecule has 1 aromatic rings. The number of aliphatic hydroxyl groups excluding tert-OH is 1. The molecule has 1 rings (SSSR count). The summed E-state index contributed by atoms with van der Waals surface area (Å²) in [5, 5.41) is 9.00. The minimum Gasteiger partial charge on any atom is -0.392 e. The van der Waals surface area contributed by atoms with Gasteiger partial charge in [0.25, 0.3) is 0 Å². The van der Waals surface area contributed by atoms with Gasteiger partial charge in [-0.05, 0) is 43.8 Å². The van der Waals surface area contributed by atoms with Gasteiger partial charge in [-0.2, -0.15) is 0 Å². The zero-order valence-corrected chi connectivity index (χ0v) is 13.3. The maximum atomic E-state index is 13.6. The summed E-state index contributed by atoms with van der Waals surface area (Å²) in [4.78, 5) is 1.76. The summed E-state index contributed by atoms with van der Waals surface area (Å²) in [6.07, 6.45) is 0.655. The molecule has 0 amide bonds. The summed E-state index contributed by atoms with van der Waals surface area (Å²) in [5.41, 5.74) is 0.361. The van der Waals surface area contributed by atoms with Gasteiger partial charge in [-0.25, -0.2) is 17.5 Å². The second-order valence-corrected chi connectivity index (χ2v) is 6.44. The largest absolute Gasteiger partial charge is 0.392 e. The van der Waals surface area contributed by atoms with E-state index >= 15 is 0 Å². The lowest BCUT2D eigenvalue weighted by molar-refractivity contribution is 0.281. The molecule has 5 nitrogen and oxygen atoms in total. The van der Waals surface area contributed by atoms with Gasteiger partial charge in [-0.15, -0.1) is 0 Å². The summed E-state index contributed by atoms with van der Waals surface area (Å²) in [6.45, 7) is 6.63. The van der Waals surface area contributed by atoms with Crippen molar-refractivity contribution in [1.82, 2.24) is 9.62 Å². The fraction of sp³-hybridized carbons (Fsp3) is 0.571. The van der Waals surface area contributed by atoms with Crippen molar-refractivity contribution in [2.45, 2.75) is 31.8 Å². The third kappa shape index (κ3) is 5.35. The Balaban J connectivity index is 2.65. The van der Waals surface area contributed by atoms with Gasteiger partial charge in [-0.3, -0.25) is 0 Å². The first-order valence-electron chi connectivity index (χ1n) is 7.05. The van der Waals surface area contributed by atoms with Crippen LogP contribution in [0.15, 0.2) is 23.1 Å². The van der Waals surface area contributed by atoms with Crippen LogP contribution in [0.25, 0.3) is 0 Å². The molecule has 0 spiro atoms. The minimum atomic E-state index is -3.89. The molecule has 0 atom stereocenters. The van der Waals surface area contributed by atoms with Crippen LogP contribution in [-0.4, -0.2) is 44.6 Å². The van der Waals surface area contributed by atoms with E-state index < -0.39 is 20.7 Å². The normalized spacial score (nSPS) is 12.0. The predicted octanol–water partition coefficient (Wildman–Crippen LogP) is 1.33. The Kier molecular flexibility index (Phi) is 7.24. The molecule has 0 bridgehead atoms. The van der Waals surface area contributed by atoms with E-state index in [0.29, 0.717) is 12.0 Å². The van der Waals surface area contributed by atoms with Crippen LogP contribution in [-0.2, 0) is 16.6 Å². The monoisotopic (exact) mass is 318 g/mol. The smallest absolute Gasteiger partial charge is 0.243 e. The Morgan fingerprint density at radius 2 is 1.95 bits per heavy atom. The van der Waals surface area contributed by atoms with Crippen molar-refractivity contribution >= 4 is 10.0 Å². The topological polar surface area (TPSA) is 69.6 Å². The minimum absolute atomic E-state index is 0.252. The molecule has 7 heteroatoms. The summed E-state index contributed by atoms with van der Waals surface area (Å²) in [6, 6.07) is 3.56. The van der Waals surface area contributed by atoms with E-state index in [-0.39, 0.29) is 13.2 Å². The lowest BCUT2D eigenvalue weighted by Crippen LogP contribution is -2.30. The van der Waals surface area contributed by atoms with Crippen LogP contribution in [0.5, 0.6) is 0 Å². The number of halogens is 1. The highest BCUT2D eigenvalue weighted by molar-refractivity contribution is 7.89. The Hall–Kier alpha value is -1.02. The molecule has 0 radical (unpaired) electrons. The standard InChI is InChI=1S/C14H23FN2O3S/c1-3-17(4-2)9-5-8-16-21(19,20)14-10-12(11-18)6-7-13(14)15/h6-7,10,16,18H,3-5,8-9,11H2,1-2H3. The summed E-state index contributed by atoms with van der Waals surface area (Å²) in [7, 11) is -3.89. The maximum Gasteiger partial charge on any atom is 0.243 e. The van der Waals surface area contributed by atoms with E-state index in [2.05, 4.69) is 9.62 Å². The van der Waals surface area contributed by atoms with Gasteiger partial charge in [0, 0.05) is 6.54 Å². The van der Waals surface area contributed by atoms with Gasteiger partial charge >= 0.3 is 0 Å².